The van der Waals surface area contributed by atoms with E-state index in [9.17, 15) is 10.2 Å². The van der Waals surface area contributed by atoms with Crippen LogP contribution in [0.5, 0.6) is 11.5 Å². The molecule has 0 fully saturated rings. The van der Waals surface area contributed by atoms with Crippen LogP contribution in [0.15, 0.2) is 40.6 Å². The SMILES string of the molecule is COc1cc(N=Nc2ccc(C)c(C)c2)cc(CO)c1O. The Bertz CT molecular complexity index is 656. The topological polar surface area (TPSA) is 74.4 Å². The normalized spacial score (nSPS) is 11.0. The molecule has 5 heteroatoms. The van der Waals surface area contributed by atoms with E-state index in [-0.39, 0.29) is 18.1 Å². The maximum Gasteiger partial charge on any atom is 0.163 e. The predicted molar refractivity (Wildman–Crippen MR) is 80.7 cm³/mol. The van der Waals surface area contributed by atoms with E-state index in [0.717, 1.165) is 11.3 Å². The van der Waals surface area contributed by atoms with Crippen LogP contribution in [0.4, 0.5) is 11.4 Å². The van der Waals surface area contributed by atoms with Gasteiger partial charge in [-0.25, -0.2) is 0 Å². The number of hydrogen-bond acceptors (Lipinski definition) is 5. The summed E-state index contributed by atoms with van der Waals surface area (Å²) in [6.45, 7) is 3.76. The molecule has 0 aliphatic carbocycles. The van der Waals surface area contributed by atoms with Crippen LogP contribution in [-0.4, -0.2) is 17.3 Å². The van der Waals surface area contributed by atoms with Gasteiger partial charge in [0.2, 0.25) is 0 Å². The van der Waals surface area contributed by atoms with Crippen molar-refractivity contribution in [3.8, 4) is 11.5 Å². The standard InChI is InChI=1S/C16H18N2O3/c1-10-4-5-13(6-11(10)2)17-18-14-7-12(9-19)16(20)15(8-14)21-3/h4-8,19-20H,9H2,1-3H3. The van der Waals surface area contributed by atoms with Crippen molar-refractivity contribution < 1.29 is 14.9 Å². The molecule has 5 nitrogen and oxygen atoms in total. The van der Waals surface area contributed by atoms with Crippen molar-refractivity contribution >= 4 is 11.4 Å². The molecule has 0 aliphatic heterocycles. The van der Waals surface area contributed by atoms with Crippen LogP contribution in [-0.2, 0) is 6.61 Å². The summed E-state index contributed by atoms with van der Waals surface area (Å²) in [5.74, 6) is 0.181. The maximum absolute atomic E-state index is 9.81. The van der Waals surface area contributed by atoms with Crippen LogP contribution < -0.4 is 4.74 Å². The molecular weight excluding hydrogens is 268 g/mol. The number of methoxy groups -OCH3 is 1. The summed E-state index contributed by atoms with van der Waals surface area (Å²) in [4.78, 5) is 0. The van der Waals surface area contributed by atoms with Gasteiger partial charge in [-0.3, -0.25) is 0 Å². The first kappa shape index (κ1) is 15.0. The zero-order valence-corrected chi connectivity index (χ0v) is 12.3. The molecule has 0 saturated heterocycles. The van der Waals surface area contributed by atoms with Gasteiger partial charge in [-0.2, -0.15) is 10.2 Å². The van der Waals surface area contributed by atoms with Gasteiger partial charge in [-0.05, 0) is 43.2 Å². The highest BCUT2D eigenvalue weighted by molar-refractivity contribution is 5.56. The van der Waals surface area contributed by atoms with Crippen molar-refractivity contribution in [3.63, 3.8) is 0 Å². The molecular formula is C16H18N2O3. The van der Waals surface area contributed by atoms with Gasteiger partial charge >= 0.3 is 0 Å². The molecule has 0 aliphatic rings. The Kier molecular flexibility index (Phi) is 4.55. The number of aliphatic hydroxyl groups is 1. The highest BCUT2D eigenvalue weighted by atomic mass is 16.5. The van der Waals surface area contributed by atoms with Crippen molar-refractivity contribution in [1.82, 2.24) is 0 Å². The number of benzene rings is 2. The Balaban J connectivity index is 2.34. The van der Waals surface area contributed by atoms with E-state index in [1.165, 1.54) is 12.7 Å². The lowest BCUT2D eigenvalue weighted by molar-refractivity contribution is 0.272. The number of nitrogens with zero attached hydrogens (tertiary/aromatic N) is 2. The smallest absolute Gasteiger partial charge is 0.163 e. The summed E-state index contributed by atoms with van der Waals surface area (Å²) < 4.78 is 5.05. The predicted octanol–water partition coefficient (Wildman–Crippen LogP) is 3.93. The van der Waals surface area contributed by atoms with Gasteiger partial charge in [-0.1, -0.05) is 6.07 Å². The number of ether oxygens (including phenoxy) is 1. The average Bonchev–Trinajstić information content (AvgIpc) is 2.49. The minimum Gasteiger partial charge on any atom is -0.504 e. The first-order valence-electron chi connectivity index (χ1n) is 6.55. The summed E-state index contributed by atoms with van der Waals surface area (Å²) in [7, 11) is 1.44. The minimum atomic E-state index is -0.296. The van der Waals surface area contributed by atoms with Gasteiger partial charge < -0.3 is 14.9 Å². The van der Waals surface area contributed by atoms with E-state index in [4.69, 9.17) is 4.74 Å². The van der Waals surface area contributed by atoms with E-state index in [1.807, 2.05) is 32.0 Å². The Labute approximate surface area is 123 Å². The van der Waals surface area contributed by atoms with Gasteiger partial charge in [0.05, 0.1) is 25.1 Å². The van der Waals surface area contributed by atoms with Crippen molar-refractivity contribution in [1.29, 1.82) is 0 Å². The van der Waals surface area contributed by atoms with Crippen LogP contribution in [0, 0.1) is 13.8 Å². The molecule has 0 bridgehead atoms. The largest absolute Gasteiger partial charge is 0.504 e. The lowest BCUT2D eigenvalue weighted by atomic mass is 10.1. The molecule has 2 rings (SSSR count). The molecule has 2 N–H and O–H groups in total. The van der Waals surface area contributed by atoms with E-state index in [0.29, 0.717) is 11.3 Å². The maximum atomic E-state index is 9.81. The molecule has 2 aromatic carbocycles. The Morgan fingerprint density at radius 2 is 1.71 bits per heavy atom. The third-order valence-corrected chi connectivity index (χ3v) is 3.30. The fourth-order valence-electron chi connectivity index (χ4n) is 1.89. The molecule has 0 heterocycles. The molecule has 0 atom stereocenters. The Morgan fingerprint density at radius 3 is 2.33 bits per heavy atom. The molecule has 0 radical (unpaired) electrons. The second-order valence-corrected chi connectivity index (χ2v) is 4.78. The lowest BCUT2D eigenvalue weighted by Gasteiger charge is -2.08. The average molecular weight is 286 g/mol. The number of phenols is 1. The Hall–Kier alpha value is -2.40. The van der Waals surface area contributed by atoms with Crippen molar-refractivity contribution in [2.45, 2.75) is 20.5 Å². The van der Waals surface area contributed by atoms with Crippen molar-refractivity contribution in [2.75, 3.05) is 7.11 Å². The van der Waals surface area contributed by atoms with Gasteiger partial charge in [0.1, 0.15) is 0 Å². The number of azo groups is 1. The van der Waals surface area contributed by atoms with Crippen LogP contribution in [0.2, 0.25) is 0 Å². The summed E-state index contributed by atoms with van der Waals surface area (Å²) in [5, 5.41) is 27.3. The number of aliphatic hydroxyl groups excluding tert-OH is 1. The van der Waals surface area contributed by atoms with Crippen LogP contribution in [0.1, 0.15) is 16.7 Å². The molecule has 0 unspecified atom stereocenters. The molecule has 0 saturated carbocycles. The second kappa shape index (κ2) is 6.37. The number of aromatic hydroxyl groups is 1. The molecule has 21 heavy (non-hydrogen) atoms. The summed E-state index contributed by atoms with van der Waals surface area (Å²) in [5.41, 5.74) is 3.94. The van der Waals surface area contributed by atoms with E-state index < -0.39 is 0 Å². The van der Waals surface area contributed by atoms with Crippen molar-refractivity contribution in [3.05, 3.63) is 47.0 Å². The van der Waals surface area contributed by atoms with Crippen molar-refractivity contribution in [2.24, 2.45) is 10.2 Å². The zero-order valence-electron chi connectivity index (χ0n) is 12.3. The van der Waals surface area contributed by atoms with Gasteiger partial charge in [0.25, 0.3) is 0 Å². The minimum absolute atomic E-state index is 0.0786. The third-order valence-electron chi connectivity index (χ3n) is 3.30. The lowest BCUT2D eigenvalue weighted by Crippen LogP contribution is -1.89. The van der Waals surface area contributed by atoms with E-state index in [2.05, 4.69) is 10.2 Å². The van der Waals surface area contributed by atoms with Gasteiger partial charge in [0.15, 0.2) is 11.5 Å². The summed E-state index contributed by atoms with van der Waals surface area (Å²) in [6, 6.07) is 8.96. The number of hydrogen-bond donors (Lipinski definition) is 2. The van der Waals surface area contributed by atoms with Crippen LogP contribution >= 0.6 is 0 Å². The first-order chi connectivity index (χ1) is 10.0. The fraction of sp³-hybridized carbons (Fsp3) is 0.250. The Morgan fingerprint density at radius 1 is 1.00 bits per heavy atom. The fourth-order valence-corrected chi connectivity index (χ4v) is 1.89. The quantitative estimate of drug-likeness (QED) is 0.836. The van der Waals surface area contributed by atoms with E-state index in [1.54, 1.807) is 12.1 Å². The van der Waals surface area contributed by atoms with Gasteiger partial charge in [-0.15, -0.1) is 0 Å². The van der Waals surface area contributed by atoms with E-state index >= 15 is 0 Å². The molecule has 0 spiro atoms. The molecule has 2 aromatic rings. The monoisotopic (exact) mass is 286 g/mol. The molecule has 0 aromatic heterocycles. The van der Waals surface area contributed by atoms with Crippen LogP contribution in [0.25, 0.3) is 0 Å². The molecule has 0 amide bonds. The molecule has 110 valence electrons. The summed E-state index contributed by atoms with van der Waals surface area (Å²) >= 11 is 0. The summed E-state index contributed by atoms with van der Waals surface area (Å²) in [6.07, 6.45) is 0. The highest BCUT2D eigenvalue weighted by Gasteiger charge is 2.09. The van der Waals surface area contributed by atoms with Gasteiger partial charge in [0, 0.05) is 11.6 Å². The number of rotatable bonds is 4. The second-order valence-electron chi connectivity index (χ2n) is 4.78. The third kappa shape index (κ3) is 3.38. The highest BCUT2D eigenvalue weighted by Crippen LogP contribution is 2.35. The zero-order chi connectivity index (χ0) is 15.4. The first-order valence-corrected chi connectivity index (χ1v) is 6.55. The number of aryl methyl sites for hydroxylation is 2. The van der Waals surface area contributed by atoms with Crippen LogP contribution in [0.3, 0.4) is 0 Å².